The number of aromatic amines is 1. The maximum Gasteiger partial charge on any atom is 0.366 e. The van der Waals surface area contributed by atoms with Crippen LogP contribution in [-0.4, -0.2) is 41.0 Å². The van der Waals surface area contributed by atoms with E-state index < -0.39 is 17.8 Å². The number of halogens is 1. The number of hydrogen-bond acceptors (Lipinski definition) is 6. The Morgan fingerprint density at radius 1 is 1.00 bits per heavy atom. The summed E-state index contributed by atoms with van der Waals surface area (Å²) in [5, 5.41) is 0.809. The molecule has 0 bridgehead atoms. The number of benzene rings is 2. The maximum atomic E-state index is 12.8. The molecule has 9 heteroatoms. The van der Waals surface area contributed by atoms with Gasteiger partial charge in [-0.25, -0.2) is 4.79 Å². The highest BCUT2D eigenvalue weighted by molar-refractivity contribution is 6.32. The molecule has 2 aliphatic rings. The summed E-state index contributed by atoms with van der Waals surface area (Å²) in [4.78, 5) is 45.7. The number of nitrogens with zero attached hydrogens (tertiary/aromatic N) is 1. The zero-order valence-corrected chi connectivity index (χ0v) is 16.1. The van der Waals surface area contributed by atoms with Crippen LogP contribution in [0, 0.1) is 0 Å². The number of nitrogens with one attached hydrogen (secondary N) is 1. The van der Waals surface area contributed by atoms with Gasteiger partial charge in [0.25, 0.3) is 11.8 Å². The summed E-state index contributed by atoms with van der Waals surface area (Å²) in [6, 6.07) is 9.60. The molecule has 0 spiro atoms. The summed E-state index contributed by atoms with van der Waals surface area (Å²) in [6.45, 7) is 0.780. The molecule has 1 N–H and O–H groups in total. The third-order valence-corrected chi connectivity index (χ3v) is 5.09. The van der Waals surface area contributed by atoms with Gasteiger partial charge in [0.05, 0.1) is 21.7 Å². The minimum atomic E-state index is -0.869. The number of ether oxygens (including phenoxy) is 2. The van der Waals surface area contributed by atoms with E-state index in [0.29, 0.717) is 45.9 Å². The Morgan fingerprint density at radius 2 is 1.70 bits per heavy atom. The summed E-state index contributed by atoms with van der Waals surface area (Å²) >= 11 is 6.29. The first-order valence-corrected chi connectivity index (χ1v) is 9.39. The van der Waals surface area contributed by atoms with Gasteiger partial charge < -0.3 is 19.3 Å². The Kier molecular flexibility index (Phi) is 4.22. The Morgan fingerprint density at radius 3 is 2.43 bits per heavy atom. The fourth-order valence-electron chi connectivity index (χ4n) is 3.42. The molecule has 2 amide bonds. The minimum absolute atomic E-state index is 0.124. The van der Waals surface area contributed by atoms with Gasteiger partial charge in [-0.1, -0.05) is 28.8 Å². The number of carbonyl (C=O) groups excluding carboxylic acids is 3. The molecule has 0 unspecified atom stereocenters. The van der Waals surface area contributed by atoms with Gasteiger partial charge in [0.1, 0.15) is 13.2 Å². The molecule has 0 saturated heterocycles. The van der Waals surface area contributed by atoms with Crippen LogP contribution in [0.4, 0.5) is 0 Å². The number of aromatic nitrogens is 1. The second kappa shape index (κ2) is 6.93. The molecule has 2 aliphatic heterocycles. The molecule has 3 aromatic rings. The largest absolute Gasteiger partial charge is 0.486 e. The van der Waals surface area contributed by atoms with Crippen molar-refractivity contribution in [1.29, 1.82) is 0 Å². The van der Waals surface area contributed by atoms with Gasteiger partial charge in [-0.2, -0.15) is 0 Å². The van der Waals surface area contributed by atoms with Crippen LogP contribution < -0.4 is 9.47 Å². The predicted octanol–water partition coefficient (Wildman–Crippen LogP) is 3.47. The number of hydrogen-bond donors (Lipinski definition) is 1. The average Bonchev–Trinajstić information content (AvgIpc) is 3.34. The number of rotatable bonds is 3. The van der Waals surface area contributed by atoms with Crippen molar-refractivity contribution in [2.24, 2.45) is 0 Å². The van der Waals surface area contributed by atoms with E-state index in [1.54, 1.807) is 30.5 Å². The normalized spacial score (nSPS) is 14.6. The average molecular weight is 425 g/mol. The Labute approximate surface area is 174 Å². The summed E-state index contributed by atoms with van der Waals surface area (Å²) < 4.78 is 11.1. The molecule has 30 heavy (non-hydrogen) atoms. The number of fused-ring (bicyclic) bond motifs is 2. The SMILES string of the molecule is O=C(ON1C(=O)c2ccccc2C1=O)c1c[nH]cc1-c1cc(Cl)c2c(c1)OCCO2. The van der Waals surface area contributed by atoms with E-state index >= 15 is 0 Å². The first-order chi connectivity index (χ1) is 14.5. The Hall–Kier alpha value is -3.78. The van der Waals surface area contributed by atoms with E-state index in [9.17, 15) is 14.4 Å². The van der Waals surface area contributed by atoms with Crippen molar-refractivity contribution in [3.05, 3.63) is 70.5 Å². The quantitative estimate of drug-likeness (QED) is 0.646. The molecule has 2 aromatic carbocycles. The van der Waals surface area contributed by atoms with Crippen molar-refractivity contribution < 1.29 is 28.7 Å². The molecular weight excluding hydrogens is 412 g/mol. The molecule has 8 nitrogen and oxygen atoms in total. The molecule has 150 valence electrons. The van der Waals surface area contributed by atoms with E-state index in [-0.39, 0.29) is 16.7 Å². The lowest BCUT2D eigenvalue weighted by Crippen LogP contribution is -2.32. The minimum Gasteiger partial charge on any atom is -0.486 e. The summed E-state index contributed by atoms with van der Waals surface area (Å²) in [5.41, 5.74) is 1.54. The van der Waals surface area contributed by atoms with E-state index in [0.717, 1.165) is 0 Å². The van der Waals surface area contributed by atoms with Crippen LogP contribution in [0.25, 0.3) is 11.1 Å². The van der Waals surface area contributed by atoms with Crippen molar-refractivity contribution in [2.75, 3.05) is 13.2 Å². The lowest BCUT2D eigenvalue weighted by Gasteiger charge is -2.20. The lowest BCUT2D eigenvalue weighted by molar-refractivity contribution is -0.0583. The number of carbonyl (C=O) groups is 3. The van der Waals surface area contributed by atoms with Crippen LogP contribution in [0.2, 0.25) is 5.02 Å². The number of amides is 2. The van der Waals surface area contributed by atoms with Crippen LogP contribution in [0.3, 0.4) is 0 Å². The molecule has 0 aliphatic carbocycles. The van der Waals surface area contributed by atoms with Crippen molar-refractivity contribution in [3.8, 4) is 22.6 Å². The first-order valence-electron chi connectivity index (χ1n) is 9.01. The third-order valence-electron chi connectivity index (χ3n) is 4.80. The molecule has 0 atom stereocenters. The predicted molar refractivity (Wildman–Crippen MR) is 105 cm³/mol. The van der Waals surface area contributed by atoms with Crippen molar-refractivity contribution >= 4 is 29.4 Å². The molecule has 0 radical (unpaired) electrons. The fourth-order valence-corrected chi connectivity index (χ4v) is 3.69. The van der Waals surface area contributed by atoms with Crippen LogP contribution in [0.5, 0.6) is 11.5 Å². The van der Waals surface area contributed by atoms with Gasteiger partial charge in [-0.05, 0) is 29.8 Å². The third kappa shape index (κ3) is 2.81. The Bertz CT molecular complexity index is 1180. The van der Waals surface area contributed by atoms with Gasteiger partial charge in [0.15, 0.2) is 11.5 Å². The van der Waals surface area contributed by atoms with Crippen molar-refractivity contribution in [1.82, 2.24) is 10.0 Å². The smallest absolute Gasteiger partial charge is 0.366 e. The second-order valence-corrected chi connectivity index (χ2v) is 7.00. The first kappa shape index (κ1) is 18.3. The molecule has 0 fully saturated rings. The van der Waals surface area contributed by atoms with Crippen molar-refractivity contribution in [2.45, 2.75) is 0 Å². The highest BCUT2D eigenvalue weighted by Gasteiger charge is 2.39. The van der Waals surface area contributed by atoms with E-state index in [4.69, 9.17) is 25.9 Å². The van der Waals surface area contributed by atoms with Gasteiger partial charge in [0, 0.05) is 18.0 Å². The number of H-pyrrole nitrogens is 1. The fraction of sp³-hybridized carbons (Fsp3) is 0.0952. The van der Waals surface area contributed by atoms with E-state index in [2.05, 4.69) is 4.98 Å². The second-order valence-electron chi connectivity index (χ2n) is 6.59. The standard InChI is InChI=1S/C21H13ClN2O6/c22-16-7-11(8-17-18(16)29-6-5-28-17)14-9-23-10-15(14)21(27)30-24-19(25)12-3-1-2-4-13(12)20(24)26/h1-4,7-10,23H,5-6H2. The molecule has 5 rings (SSSR count). The van der Waals surface area contributed by atoms with Crippen molar-refractivity contribution in [3.63, 3.8) is 0 Å². The van der Waals surface area contributed by atoms with E-state index in [1.807, 2.05) is 0 Å². The molecule has 3 heterocycles. The highest BCUT2D eigenvalue weighted by atomic mass is 35.5. The number of hydroxylamine groups is 2. The van der Waals surface area contributed by atoms with Crippen LogP contribution >= 0.6 is 11.6 Å². The maximum absolute atomic E-state index is 12.8. The number of imide groups is 1. The van der Waals surface area contributed by atoms with Gasteiger partial charge in [-0.15, -0.1) is 0 Å². The topological polar surface area (TPSA) is 97.9 Å². The summed E-state index contributed by atoms with van der Waals surface area (Å²) in [5.74, 6) is -1.35. The lowest BCUT2D eigenvalue weighted by atomic mass is 10.0. The zero-order chi connectivity index (χ0) is 20.8. The zero-order valence-electron chi connectivity index (χ0n) is 15.3. The van der Waals surface area contributed by atoms with Gasteiger partial charge >= 0.3 is 5.97 Å². The molecule has 0 saturated carbocycles. The van der Waals surface area contributed by atoms with Crippen LogP contribution in [0.1, 0.15) is 31.1 Å². The summed E-state index contributed by atoms with van der Waals surface area (Å²) in [6.07, 6.45) is 3.00. The van der Waals surface area contributed by atoms with Crippen LogP contribution in [-0.2, 0) is 4.84 Å². The molecule has 1 aromatic heterocycles. The monoisotopic (exact) mass is 424 g/mol. The van der Waals surface area contributed by atoms with Gasteiger partial charge in [-0.3, -0.25) is 9.59 Å². The van der Waals surface area contributed by atoms with E-state index in [1.165, 1.54) is 18.3 Å². The van der Waals surface area contributed by atoms with Gasteiger partial charge in [0.2, 0.25) is 0 Å². The van der Waals surface area contributed by atoms with Crippen LogP contribution in [0.15, 0.2) is 48.8 Å². The molecular formula is C21H13ClN2O6. The highest BCUT2D eigenvalue weighted by Crippen LogP contribution is 2.41. The summed E-state index contributed by atoms with van der Waals surface area (Å²) in [7, 11) is 0. The Balaban J connectivity index is 1.45.